The Balaban J connectivity index is 1.97. The molecule has 10 heteroatoms. The van der Waals surface area contributed by atoms with Crippen molar-refractivity contribution < 1.29 is 0 Å². The van der Waals surface area contributed by atoms with Gasteiger partial charge >= 0.3 is 0 Å². The van der Waals surface area contributed by atoms with Crippen LogP contribution in [-0.2, 0) is 6.54 Å². The predicted octanol–water partition coefficient (Wildman–Crippen LogP) is 4.92. The van der Waals surface area contributed by atoms with Gasteiger partial charge in [0.2, 0.25) is 5.95 Å². The van der Waals surface area contributed by atoms with Crippen molar-refractivity contribution in [3.63, 3.8) is 0 Å². The number of pyridine rings is 1. The third-order valence-corrected chi connectivity index (χ3v) is 5.35. The van der Waals surface area contributed by atoms with Gasteiger partial charge < -0.3 is 15.2 Å². The first-order chi connectivity index (χ1) is 14.8. The first kappa shape index (κ1) is 22.3. The van der Waals surface area contributed by atoms with Gasteiger partial charge in [0.1, 0.15) is 0 Å². The van der Waals surface area contributed by atoms with Gasteiger partial charge in [-0.15, -0.1) is 0 Å². The van der Waals surface area contributed by atoms with Crippen molar-refractivity contribution in [3.05, 3.63) is 45.9 Å². The monoisotopic (exact) mass is 422 g/mol. The second kappa shape index (κ2) is 9.61. The highest BCUT2D eigenvalue weighted by atomic mass is 15.2. The molecule has 3 aromatic rings. The fraction of sp³-hybridized carbons (Fsp3) is 0.524. The van der Waals surface area contributed by atoms with E-state index in [0.29, 0.717) is 23.8 Å². The number of azide groups is 1. The second-order valence-corrected chi connectivity index (χ2v) is 8.02. The Morgan fingerprint density at radius 3 is 2.61 bits per heavy atom. The molecule has 164 valence electrons. The second-order valence-electron chi connectivity index (χ2n) is 8.02. The summed E-state index contributed by atoms with van der Waals surface area (Å²) in [7, 11) is 0. The Labute approximate surface area is 182 Å². The Bertz CT molecular complexity index is 1100. The van der Waals surface area contributed by atoms with E-state index in [0.717, 1.165) is 23.3 Å². The van der Waals surface area contributed by atoms with Crippen LogP contribution in [0.1, 0.15) is 57.0 Å². The van der Waals surface area contributed by atoms with E-state index in [2.05, 4.69) is 57.5 Å². The number of hydrogen-bond acceptors (Lipinski definition) is 7. The zero-order valence-corrected chi connectivity index (χ0v) is 19.0. The number of nitrogens with one attached hydrogen (secondary N) is 2. The number of aryl methyl sites for hydroxylation is 2. The number of hydrogen-bond donors (Lipinski definition) is 2. The molecule has 0 saturated heterocycles. The Kier molecular flexibility index (Phi) is 6.91. The van der Waals surface area contributed by atoms with Crippen LogP contribution in [0.5, 0.6) is 0 Å². The standard InChI is InChI=1S/C21H30N10/c1-7-17(15(6)29-30-22)26-21-27-19(18-20(28-21)31(11-25-18)12(2)3)24-10-16-9-23-14(5)8-13(16)4/h8-9,11-12,15,17H,7,10H2,1-6H3,(H2,24,26,27,28)/t15-,17+/m1/s1. The summed E-state index contributed by atoms with van der Waals surface area (Å²) in [4.78, 5) is 21.3. The zero-order valence-electron chi connectivity index (χ0n) is 19.0. The van der Waals surface area contributed by atoms with Gasteiger partial charge in [-0.05, 0) is 56.8 Å². The molecule has 3 rings (SSSR count). The number of fused-ring (bicyclic) bond motifs is 1. The Morgan fingerprint density at radius 2 is 1.97 bits per heavy atom. The first-order valence-electron chi connectivity index (χ1n) is 10.5. The lowest BCUT2D eigenvalue weighted by molar-refractivity contribution is 0.572. The van der Waals surface area contributed by atoms with Crippen LogP contribution in [0, 0.1) is 13.8 Å². The lowest BCUT2D eigenvalue weighted by Gasteiger charge is -2.21. The van der Waals surface area contributed by atoms with Crippen molar-refractivity contribution >= 4 is 22.9 Å². The average molecular weight is 423 g/mol. The van der Waals surface area contributed by atoms with Gasteiger partial charge in [0.25, 0.3) is 0 Å². The van der Waals surface area contributed by atoms with Crippen LogP contribution >= 0.6 is 0 Å². The van der Waals surface area contributed by atoms with Crippen LogP contribution in [0.15, 0.2) is 23.7 Å². The molecule has 3 heterocycles. The molecule has 0 aliphatic carbocycles. The Hall–Kier alpha value is -3.39. The Morgan fingerprint density at radius 1 is 1.19 bits per heavy atom. The minimum absolute atomic E-state index is 0.0832. The summed E-state index contributed by atoms with van der Waals surface area (Å²) in [5.41, 5.74) is 13.5. The highest BCUT2D eigenvalue weighted by Gasteiger charge is 2.19. The van der Waals surface area contributed by atoms with E-state index in [1.54, 1.807) is 6.33 Å². The molecule has 10 nitrogen and oxygen atoms in total. The summed E-state index contributed by atoms with van der Waals surface area (Å²) in [5, 5.41) is 10.6. The molecule has 0 radical (unpaired) electrons. The maximum absolute atomic E-state index is 8.79. The quantitative estimate of drug-likeness (QED) is 0.286. The van der Waals surface area contributed by atoms with Crippen LogP contribution in [0.4, 0.5) is 11.8 Å². The normalized spacial score (nSPS) is 13.1. The molecule has 0 saturated carbocycles. The van der Waals surface area contributed by atoms with Gasteiger partial charge in [-0.2, -0.15) is 9.97 Å². The van der Waals surface area contributed by atoms with E-state index in [-0.39, 0.29) is 18.1 Å². The average Bonchev–Trinajstić information content (AvgIpc) is 3.15. The smallest absolute Gasteiger partial charge is 0.227 e. The fourth-order valence-electron chi connectivity index (χ4n) is 3.46. The number of imidazole rings is 1. The van der Waals surface area contributed by atoms with Gasteiger partial charge in [-0.25, -0.2) is 4.98 Å². The molecule has 3 aromatic heterocycles. The van der Waals surface area contributed by atoms with Crippen molar-refractivity contribution in [1.82, 2.24) is 24.5 Å². The maximum Gasteiger partial charge on any atom is 0.227 e. The van der Waals surface area contributed by atoms with E-state index in [1.807, 2.05) is 31.5 Å². The molecule has 0 unspecified atom stereocenters. The molecule has 0 aromatic carbocycles. The van der Waals surface area contributed by atoms with Gasteiger partial charge in [0.15, 0.2) is 17.0 Å². The van der Waals surface area contributed by atoms with Crippen LogP contribution in [0.3, 0.4) is 0 Å². The predicted molar refractivity (Wildman–Crippen MR) is 123 cm³/mol. The van der Waals surface area contributed by atoms with Gasteiger partial charge in [-0.3, -0.25) is 4.98 Å². The van der Waals surface area contributed by atoms with Gasteiger partial charge in [0, 0.05) is 35.4 Å². The highest BCUT2D eigenvalue weighted by Crippen LogP contribution is 2.25. The highest BCUT2D eigenvalue weighted by molar-refractivity contribution is 5.84. The van der Waals surface area contributed by atoms with Crippen molar-refractivity contribution in [2.45, 2.75) is 72.6 Å². The summed E-state index contributed by atoms with van der Waals surface area (Å²) in [6, 6.07) is 1.95. The number of nitrogens with zero attached hydrogens (tertiary/aromatic N) is 8. The zero-order chi connectivity index (χ0) is 22.5. The first-order valence-corrected chi connectivity index (χ1v) is 10.5. The lowest BCUT2D eigenvalue weighted by atomic mass is 10.1. The van der Waals surface area contributed by atoms with Crippen LogP contribution in [0.25, 0.3) is 21.6 Å². The summed E-state index contributed by atoms with van der Waals surface area (Å²) in [5.74, 6) is 1.13. The van der Waals surface area contributed by atoms with E-state index in [1.165, 1.54) is 5.56 Å². The minimum atomic E-state index is -0.234. The minimum Gasteiger partial charge on any atom is -0.364 e. The molecule has 0 amide bonds. The van der Waals surface area contributed by atoms with Crippen molar-refractivity contribution in [3.8, 4) is 0 Å². The van der Waals surface area contributed by atoms with Gasteiger partial charge in [-0.1, -0.05) is 19.0 Å². The maximum atomic E-state index is 8.79. The van der Waals surface area contributed by atoms with Crippen molar-refractivity contribution in [1.29, 1.82) is 0 Å². The van der Waals surface area contributed by atoms with E-state index in [9.17, 15) is 0 Å². The molecule has 0 aliphatic rings. The number of aromatic nitrogens is 5. The van der Waals surface area contributed by atoms with Crippen molar-refractivity contribution in [2.24, 2.45) is 5.11 Å². The van der Waals surface area contributed by atoms with Crippen LogP contribution in [-0.4, -0.2) is 36.6 Å². The summed E-state index contributed by atoms with van der Waals surface area (Å²) in [6.45, 7) is 12.7. The number of anilines is 2. The molecule has 0 bridgehead atoms. The van der Waals surface area contributed by atoms with Crippen LogP contribution < -0.4 is 10.6 Å². The third kappa shape index (κ3) is 5.03. The molecule has 31 heavy (non-hydrogen) atoms. The summed E-state index contributed by atoms with van der Waals surface area (Å²) >= 11 is 0. The summed E-state index contributed by atoms with van der Waals surface area (Å²) in [6.07, 6.45) is 4.44. The molecule has 0 spiro atoms. The van der Waals surface area contributed by atoms with Crippen molar-refractivity contribution in [2.75, 3.05) is 10.6 Å². The molecule has 2 N–H and O–H groups in total. The van der Waals surface area contributed by atoms with Gasteiger partial charge in [0.05, 0.1) is 12.4 Å². The molecule has 2 atom stereocenters. The SMILES string of the molecule is CC[C@H](Nc1nc(NCc2cnc(C)cc2C)c2ncn(C(C)C)c2n1)[C@@H](C)N=[N+]=[N-]. The largest absolute Gasteiger partial charge is 0.364 e. The molecule has 0 aliphatic heterocycles. The molecule has 0 fully saturated rings. The van der Waals surface area contributed by atoms with E-state index < -0.39 is 0 Å². The van der Waals surface area contributed by atoms with Crippen LogP contribution in [0.2, 0.25) is 0 Å². The molecular weight excluding hydrogens is 392 g/mol. The summed E-state index contributed by atoms with van der Waals surface area (Å²) < 4.78 is 2.02. The third-order valence-electron chi connectivity index (χ3n) is 5.35. The van der Waals surface area contributed by atoms with E-state index >= 15 is 0 Å². The van der Waals surface area contributed by atoms with E-state index in [4.69, 9.17) is 15.5 Å². The fourth-order valence-corrected chi connectivity index (χ4v) is 3.46. The number of rotatable bonds is 9. The molecular formula is C21H30N10. The lowest BCUT2D eigenvalue weighted by Crippen LogP contribution is -2.30. The topological polar surface area (TPSA) is 129 Å².